The van der Waals surface area contributed by atoms with Crippen molar-refractivity contribution in [1.82, 2.24) is 0 Å². The smallest absolute Gasteiger partial charge is 0.323 e. The number of unbranched alkanes of at least 4 members (excludes halogenated alkanes) is 48. The summed E-state index contributed by atoms with van der Waals surface area (Å²) in [7, 11) is 0. The first kappa shape index (κ1) is 85.0. The van der Waals surface area contributed by atoms with Gasteiger partial charge in [-0.25, -0.2) is 0 Å². The van der Waals surface area contributed by atoms with Gasteiger partial charge in [0.2, 0.25) is 11.5 Å². The Kier molecular flexibility index (Phi) is 49.2. The number of halogens is 1. The Bertz CT molecular complexity index is 2590. The largest absolute Gasteiger partial charge is 0.490 e. The van der Waals surface area contributed by atoms with Crippen LogP contribution in [0.4, 0.5) is 11.4 Å². The molecule has 0 saturated carbocycles. The summed E-state index contributed by atoms with van der Waals surface area (Å²) in [6.45, 7) is 15.4. The van der Waals surface area contributed by atoms with Crippen LogP contribution in [0.5, 0.6) is 34.5 Å². The van der Waals surface area contributed by atoms with E-state index in [1.807, 2.05) is 12.1 Å². The first-order chi connectivity index (χ1) is 47.7. The number of ether oxygens (including phenoxy) is 6. The Balaban J connectivity index is 2.02. The Morgan fingerprint density at radius 1 is 0.258 bits per heavy atom. The van der Waals surface area contributed by atoms with Crippen molar-refractivity contribution in [3.8, 4) is 34.5 Å². The van der Waals surface area contributed by atoms with Crippen LogP contribution < -0.4 is 28.4 Å². The molecule has 0 atom stereocenters. The van der Waals surface area contributed by atoms with Crippen molar-refractivity contribution in [1.29, 1.82) is 0 Å². The zero-order valence-corrected chi connectivity index (χ0v) is 63.8. The number of nitro groups is 2. The van der Waals surface area contributed by atoms with Crippen molar-refractivity contribution < 1.29 is 38.3 Å². The summed E-state index contributed by atoms with van der Waals surface area (Å²) in [5.41, 5.74) is -0.632. The van der Waals surface area contributed by atoms with Gasteiger partial charge in [0.15, 0.2) is 23.0 Å². The first-order valence-corrected chi connectivity index (χ1v) is 41.4. The van der Waals surface area contributed by atoms with Crippen LogP contribution in [0.2, 0.25) is 5.02 Å². The topological polar surface area (TPSA) is 142 Å². The highest BCUT2D eigenvalue weighted by atomic mass is 35.5. The molecule has 0 aliphatic rings. The third-order valence-electron chi connectivity index (χ3n) is 19.8. The van der Waals surface area contributed by atoms with Crippen LogP contribution in [-0.4, -0.2) is 49.5 Å². The van der Waals surface area contributed by atoms with E-state index in [1.54, 1.807) is 6.07 Å². The van der Waals surface area contributed by atoms with Gasteiger partial charge in [0.1, 0.15) is 0 Å². The second kappa shape index (κ2) is 56.2. The SMILES string of the molecule is CCCCCCCCCCCOc1cc2c(c(Cl)c1OCCCCCCCCCCC)c1cc(OCCCCCCCCCCC)c(OCCCCCCCCCCC)c([N+](=O)[O-])c1c1cc(OCCCCCCCCCCC)c(OCCCCCCCCCCC)c([N+](=O)[O-])c21. The fourth-order valence-electron chi connectivity index (χ4n) is 13.9. The van der Waals surface area contributed by atoms with Gasteiger partial charge in [-0.1, -0.05) is 361 Å². The molecule has 0 radical (unpaired) electrons. The summed E-state index contributed by atoms with van der Waals surface area (Å²) < 4.78 is 40.7. The van der Waals surface area contributed by atoms with Crippen LogP contribution >= 0.6 is 11.6 Å². The summed E-state index contributed by atoms with van der Waals surface area (Å²) in [5, 5.41) is 30.9. The van der Waals surface area contributed by atoms with Crippen LogP contribution in [0, 0.1) is 20.2 Å². The molecule has 13 heteroatoms. The third-order valence-corrected chi connectivity index (χ3v) is 20.2. The molecule has 4 aromatic carbocycles. The average molecular weight is 1370 g/mol. The lowest BCUT2D eigenvalue weighted by Crippen LogP contribution is -2.08. The zero-order valence-electron chi connectivity index (χ0n) is 63.0. The van der Waals surface area contributed by atoms with Gasteiger partial charge < -0.3 is 28.4 Å². The number of benzene rings is 4. The molecule has 0 saturated heterocycles. The monoisotopic (exact) mass is 1370 g/mol. The number of hydrogen-bond donors (Lipinski definition) is 0. The fourth-order valence-corrected chi connectivity index (χ4v) is 14.2. The highest BCUT2D eigenvalue weighted by molar-refractivity contribution is 6.43. The molecule has 0 unspecified atom stereocenters. The van der Waals surface area contributed by atoms with E-state index >= 15 is 0 Å². The van der Waals surface area contributed by atoms with Crippen molar-refractivity contribution in [3.05, 3.63) is 43.5 Å². The highest BCUT2D eigenvalue weighted by Gasteiger charge is 2.36. The van der Waals surface area contributed by atoms with Gasteiger partial charge in [0.25, 0.3) is 0 Å². The Hall–Kier alpha value is -4.45. The Labute approximate surface area is 596 Å². The minimum absolute atomic E-state index is 0.0259. The molecule has 0 spiro atoms. The number of fused-ring (bicyclic) bond motifs is 6. The molecule has 0 amide bonds. The third kappa shape index (κ3) is 33.7. The van der Waals surface area contributed by atoms with Gasteiger partial charge in [-0.2, -0.15) is 0 Å². The molecular weight excluding hydrogens is 1230 g/mol. The molecule has 0 heterocycles. The maximum Gasteiger partial charge on any atom is 0.323 e. The second-order valence-electron chi connectivity index (χ2n) is 28.5. The molecule has 0 aromatic heterocycles. The molecule has 0 bridgehead atoms. The van der Waals surface area contributed by atoms with Gasteiger partial charge in [-0.15, -0.1) is 0 Å². The number of nitro benzene ring substituents is 2. The van der Waals surface area contributed by atoms with Gasteiger partial charge in [0.05, 0.1) is 65.3 Å². The van der Waals surface area contributed by atoms with Crippen molar-refractivity contribution in [2.45, 2.75) is 388 Å². The summed E-state index contributed by atoms with van der Waals surface area (Å²) in [6.07, 6.45) is 61.0. The molecule has 554 valence electrons. The summed E-state index contributed by atoms with van der Waals surface area (Å²) in [6, 6.07) is 5.48. The van der Waals surface area contributed by atoms with Gasteiger partial charge in [-0.05, 0) is 56.7 Å². The average Bonchev–Trinajstić information content (AvgIpc) is 0.703. The highest BCUT2D eigenvalue weighted by Crippen LogP contribution is 2.57. The maximum absolute atomic E-state index is 14.4. The molecule has 4 rings (SSSR count). The second-order valence-corrected chi connectivity index (χ2v) is 28.8. The van der Waals surface area contributed by atoms with Crippen molar-refractivity contribution in [2.24, 2.45) is 0 Å². The van der Waals surface area contributed by atoms with E-state index in [1.165, 1.54) is 205 Å². The van der Waals surface area contributed by atoms with Crippen molar-refractivity contribution in [2.75, 3.05) is 39.6 Å². The Morgan fingerprint density at radius 3 is 0.649 bits per heavy atom. The summed E-state index contributed by atoms with van der Waals surface area (Å²) in [5.74, 6) is 1.23. The standard InChI is InChI=1S/C84H141ClN2O10/c1-7-13-19-25-31-37-43-49-55-61-92-73-67-70-76(79(85)82(73)95-64-58-52-46-40-34-28-22-16-10-4)71-68-74(93-62-56-50-44-38-32-26-20-14-8-2)83(96-65-59-53-47-41-35-29-23-17-11-5)81(87(90)91)78(71)72-69-75(94-63-57-51-45-39-33-27-21-15-9-3)84(80(77(70)72)86(88)89)97-66-60-54-48-42-36-30-24-18-12-6/h67-69H,7-66H2,1-6H3. The predicted molar refractivity (Wildman–Crippen MR) is 414 cm³/mol. The fraction of sp³-hybridized carbons (Fsp3) is 0.786. The first-order valence-electron chi connectivity index (χ1n) is 41.0. The quantitative estimate of drug-likeness (QED) is 0.0181. The van der Waals surface area contributed by atoms with E-state index in [-0.39, 0.29) is 78.6 Å². The van der Waals surface area contributed by atoms with Crippen LogP contribution in [0.1, 0.15) is 388 Å². The number of nitrogens with zero attached hydrogens (tertiary/aromatic N) is 2. The molecule has 0 aliphatic carbocycles. The lowest BCUT2D eigenvalue weighted by atomic mass is 9.90. The van der Waals surface area contributed by atoms with Crippen molar-refractivity contribution in [3.63, 3.8) is 0 Å². The van der Waals surface area contributed by atoms with E-state index in [9.17, 15) is 20.2 Å². The minimum Gasteiger partial charge on any atom is -0.490 e. The Morgan fingerprint density at radius 2 is 0.433 bits per heavy atom. The summed E-state index contributed by atoms with van der Waals surface area (Å²) >= 11 is 7.96. The molecule has 97 heavy (non-hydrogen) atoms. The van der Waals surface area contributed by atoms with Crippen LogP contribution in [0.25, 0.3) is 32.3 Å². The number of hydrogen-bond acceptors (Lipinski definition) is 10. The molecule has 12 nitrogen and oxygen atoms in total. The van der Waals surface area contributed by atoms with E-state index in [0.717, 1.165) is 128 Å². The predicted octanol–water partition coefficient (Wildman–Crippen LogP) is 29.1. The van der Waals surface area contributed by atoms with Gasteiger partial charge >= 0.3 is 11.4 Å². The normalized spacial score (nSPS) is 11.6. The lowest BCUT2D eigenvalue weighted by molar-refractivity contribution is -0.384. The zero-order chi connectivity index (χ0) is 69.6. The van der Waals surface area contributed by atoms with Gasteiger partial charge in [-0.3, -0.25) is 20.2 Å². The van der Waals surface area contributed by atoms with E-state index in [4.69, 9.17) is 40.0 Å². The maximum atomic E-state index is 14.4. The van der Waals surface area contributed by atoms with E-state index in [0.29, 0.717) is 66.9 Å². The molecule has 4 aromatic rings. The van der Waals surface area contributed by atoms with Gasteiger partial charge in [0, 0.05) is 21.5 Å². The molecular formula is C84H141ClN2O10. The van der Waals surface area contributed by atoms with Crippen LogP contribution in [0.3, 0.4) is 0 Å². The van der Waals surface area contributed by atoms with Crippen molar-refractivity contribution >= 4 is 55.3 Å². The van der Waals surface area contributed by atoms with Crippen LogP contribution in [0.15, 0.2) is 18.2 Å². The van der Waals surface area contributed by atoms with E-state index in [2.05, 4.69) is 41.5 Å². The van der Waals surface area contributed by atoms with Crippen LogP contribution in [-0.2, 0) is 0 Å². The summed E-state index contributed by atoms with van der Waals surface area (Å²) in [4.78, 5) is 28.1. The number of rotatable bonds is 68. The molecule has 0 fully saturated rings. The minimum atomic E-state index is -0.384. The molecule has 0 N–H and O–H groups in total. The molecule has 0 aliphatic heterocycles. The lowest BCUT2D eigenvalue weighted by Gasteiger charge is -2.22. The van der Waals surface area contributed by atoms with E-state index < -0.39 is 0 Å².